The molecule has 0 amide bonds. The maximum atomic E-state index is 14.2. The third-order valence-corrected chi connectivity index (χ3v) is 4.83. The molecule has 0 saturated heterocycles. The number of nitrogen functional groups attached to an aromatic ring is 1. The van der Waals surface area contributed by atoms with Gasteiger partial charge < -0.3 is 20.1 Å². The number of benzene rings is 2. The van der Waals surface area contributed by atoms with Crippen molar-refractivity contribution in [2.24, 2.45) is 0 Å². The predicted molar refractivity (Wildman–Crippen MR) is 93.7 cm³/mol. The molecule has 0 atom stereocenters. The molecule has 1 aliphatic rings. The Balaban J connectivity index is 2.26. The Bertz CT molecular complexity index is 1120. The zero-order valence-corrected chi connectivity index (χ0v) is 14.0. The summed E-state index contributed by atoms with van der Waals surface area (Å²) in [5, 5.41) is 9.24. The summed E-state index contributed by atoms with van der Waals surface area (Å²) in [5.41, 5.74) is 5.85. The second kappa shape index (κ2) is 4.94. The second-order valence-electron chi connectivity index (χ2n) is 5.27. The van der Waals surface area contributed by atoms with Crippen LogP contribution in [0, 0.1) is 9.39 Å². The van der Waals surface area contributed by atoms with Crippen molar-refractivity contribution in [3.8, 4) is 17.2 Å². The first-order valence-electron chi connectivity index (χ1n) is 6.77. The van der Waals surface area contributed by atoms with Gasteiger partial charge in [0.05, 0.1) is 14.6 Å². The van der Waals surface area contributed by atoms with Crippen LogP contribution in [-0.4, -0.2) is 15.6 Å². The lowest BCUT2D eigenvalue weighted by Gasteiger charge is -2.24. The standard InChI is InChI=1S/C16H8FIN2O4/c17-9-4-7-13-15(12(9)18)24-11-3-6(19)1-2-10(11)20(13)5-8(14(7)21)16(22)23/h1-5H,19H2,(H,22,23). The summed E-state index contributed by atoms with van der Waals surface area (Å²) < 4.78 is 21.7. The molecule has 0 saturated carbocycles. The van der Waals surface area contributed by atoms with Gasteiger partial charge in [0.2, 0.25) is 5.43 Å². The van der Waals surface area contributed by atoms with E-state index in [-0.39, 0.29) is 14.7 Å². The lowest BCUT2D eigenvalue weighted by atomic mass is 10.1. The van der Waals surface area contributed by atoms with Crippen LogP contribution in [-0.2, 0) is 0 Å². The van der Waals surface area contributed by atoms with Gasteiger partial charge in [-0.15, -0.1) is 0 Å². The average Bonchev–Trinajstić information content (AvgIpc) is 2.53. The highest BCUT2D eigenvalue weighted by Crippen LogP contribution is 2.43. The van der Waals surface area contributed by atoms with Gasteiger partial charge in [0.15, 0.2) is 11.5 Å². The topological polar surface area (TPSA) is 94.6 Å². The van der Waals surface area contributed by atoms with Crippen LogP contribution in [0.2, 0.25) is 0 Å². The fourth-order valence-corrected chi connectivity index (χ4v) is 3.28. The van der Waals surface area contributed by atoms with Crippen LogP contribution in [0.25, 0.3) is 16.6 Å². The third-order valence-electron chi connectivity index (χ3n) is 3.82. The van der Waals surface area contributed by atoms with Crippen LogP contribution in [0.15, 0.2) is 35.3 Å². The zero-order valence-electron chi connectivity index (χ0n) is 11.8. The van der Waals surface area contributed by atoms with Gasteiger partial charge in [-0.3, -0.25) is 4.79 Å². The van der Waals surface area contributed by atoms with Gasteiger partial charge >= 0.3 is 5.97 Å². The van der Waals surface area contributed by atoms with Gasteiger partial charge in [-0.2, -0.15) is 0 Å². The van der Waals surface area contributed by atoms with E-state index in [1.54, 1.807) is 40.8 Å². The number of nitrogens with two attached hydrogens (primary N) is 1. The van der Waals surface area contributed by atoms with Crippen molar-refractivity contribution in [1.82, 2.24) is 4.57 Å². The van der Waals surface area contributed by atoms with E-state index in [9.17, 15) is 19.1 Å². The summed E-state index contributed by atoms with van der Waals surface area (Å²) in [5.74, 6) is -1.52. The van der Waals surface area contributed by atoms with Crippen LogP contribution in [0.5, 0.6) is 11.5 Å². The van der Waals surface area contributed by atoms with Crippen LogP contribution in [0.4, 0.5) is 10.1 Å². The largest absolute Gasteiger partial charge is 0.477 e. The number of rotatable bonds is 1. The maximum absolute atomic E-state index is 14.2. The normalized spacial score (nSPS) is 11.9. The van der Waals surface area contributed by atoms with Crippen molar-refractivity contribution in [2.45, 2.75) is 0 Å². The summed E-state index contributed by atoms with van der Waals surface area (Å²) in [4.78, 5) is 23.8. The Labute approximate surface area is 147 Å². The van der Waals surface area contributed by atoms with Gasteiger partial charge in [0.1, 0.15) is 16.9 Å². The minimum atomic E-state index is -1.38. The molecule has 2 aromatic carbocycles. The monoisotopic (exact) mass is 438 g/mol. The van der Waals surface area contributed by atoms with E-state index in [1.807, 2.05) is 0 Å². The van der Waals surface area contributed by atoms with E-state index in [1.165, 1.54) is 10.8 Å². The van der Waals surface area contributed by atoms with E-state index in [0.29, 0.717) is 22.6 Å². The van der Waals surface area contributed by atoms with E-state index < -0.39 is 22.8 Å². The molecule has 8 heteroatoms. The number of carboxylic acids is 1. The molecule has 3 aromatic rings. The Morgan fingerprint density at radius 1 is 1.33 bits per heavy atom. The number of aromatic nitrogens is 1. The van der Waals surface area contributed by atoms with E-state index >= 15 is 0 Å². The molecule has 1 aromatic heterocycles. The first-order chi connectivity index (χ1) is 11.4. The van der Waals surface area contributed by atoms with Crippen LogP contribution >= 0.6 is 22.6 Å². The number of carboxylic acid groups (broad SMARTS) is 1. The molecule has 24 heavy (non-hydrogen) atoms. The minimum Gasteiger partial charge on any atom is -0.477 e. The molecule has 2 heterocycles. The zero-order chi connectivity index (χ0) is 17.2. The van der Waals surface area contributed by atoms with Crippen molar-refractivity contribution in [2.75, 3.05) is 5.73 Å². The lowest BCUT2D eigenvalue weighted by molar-refractivity contribution is 0.0695. The van der Waals surface area contributed by atoms with E-state index in [4.69, 9.17) is 10.5 Å². The fourth-order valence-electron chi connectivity index (χ4n) is 2.76. The molecule has 3 N–H and O–H groups in total. The molecule has 4 rings (SSSR count). The number of nitrogens with zero attached hydrogens (tertiary/aromatic N) is 1. The number of carbonyl (C=O) groups is 1. The van der Waals surface area contributed by atoms with Gasteiger partial charge in [0.25, 0.3) is 0 Å². The average molecular weight is 438 g/mol. The molecule has 0 spiro atoms. The predicted octanol–water partition coefficient (Wildman–Crippen LogP) is 3.12. The summed E-state index contributed by atoms with van der Waals surface area (Å²) >= 11 is 1.78. The Kier molecular flexibility index (Phi) is 3.07. The smallest absolute Gasteiger partial charge is 0.341 e. The highest BCUT2D eigenvalue weighted by atomic mass is 127. The number of aromatic carboxylic acids is 1. The molecule has 0 unspecified atom stereocenters. The first-order valence-corrected chi connectivity index (χ1v) is 7.84. The third kappa shape index (κ3) is 1.92. The molecule has 6 nitrogen and oxygen atoms in total. The molecule has 0 radical (unpaired) electrons. The molecular weight excluding hydrogens is 430 g/mol. The van der Waals surface area contributed by atoms with Gasteiger partial charge in [-0.1, -0.05) is 0 Å². The summed E-state index contributed by atoms with van der Waals surface area (Å²) in [6.07, 6.45) is 1.22. The van der Waals surface area contributed by atoms with Crippen molar-refractivity contribution < 1.29 is 19.0 Å². The van der Waals surface area contributed by atoms with Crippen molar-refractivity contribution in [3.05, 3.63) is 55.6 Å². The quantitative estimate of drug-likeness (QED) is 0.352. The number of pyridine rings is 1. The first kappa shape index (κ1) is 14.9. The molecule has 0 bridgehead atoms. The molecular formula is C16H8FIN2O4. The SMILES string of the molecule is Nc1ccc2c(c1)Oc1c(I)c(F)cc3c(=O)c(C(=O)O)cn-2c13. The number of hydrogen-bond acceptors (Lipinski definition) is 4. The Morgan fingerprint density at radius 2 is 2.08 bits per heavy atom. The molecule has 0 aliphatic carbocycles. The van der Waals surface area contributed by atoms with Crippen molar-refractivity contribution in [1.29, 1.82) is 0 Å². The van der Waals surface area contributed by atoms with Gasteiger partial charge in [-0.25, -0.2) is 9.18 Å². The highest BCUT2D eigenvalue weighted by molar-refractivity contribution is 14.1. The summed E-state index contributed by atoms with van der Waals surface area (Å²) in [6, 6.07) is 5.88. The second-order valence-corrected chi connectivity index (χ2v) is 6.35. The Hall–Kier alpha value is -2.62. The van der Waals surface area contributed by atoms with E-state index in [0.717, 1.165) is 6.07 Å². The minimum absolute atomic E-state index is 0.0507. The molecule has 120 valence electrons. The Morgan fingerprint density at radius 3 is 2.79 bits per heavy atom. The highest BCUT2D eigenvalue weighted by Gasteiger charge is 2.27. The lowest BCUT2D eigenvalue weighted by Crippen LogP contribution is -2.21. The van der Waals surface area contributed by atoms with Crippen LogP contribution in [0.3, 0.4) is 0 Å². The summed E-state index contributed by atoms with van der Waals surface area (Å²) in [7, 11) is 0. The molecule has 0 fully saturated rings. The number of anilines is 1. The number of hydrogen-bond donors (Lipinski definition) is 2. The van der Waals surface area contributed by atoms with Crippen LogP contribution < -0.4 is 15.9 Å². The van der Waals surface area contributed by atoms with Crippen LogP contribution in [0.1, 0.15) is 10.4 Å². The van der Waals surface area contributed by atoms with Gasteiger partial charge in [0, 0.05) is 18.0 Å². The van der Waals surface area contributed by atoms with E-state index in [2.05, 4.69) is 0 Å². The molecule has 1 aliphatic heterocycles. The van der Waals surface area contributed by atoms with Crippen molar-refractivity contribution in [3.63, 3.8) is 0 Å². The number of fused-ring (bicyclic) bond motifs is 2. The fraction of sp³-hybridized carbons (Fsp3) is 0. The number of ether oxygens (including phenoxy) is 1. The maximum Gasteiger partial charge on any atom is 0.341 e. The number of halogens is 2. The van der Waals surface area contributed by atoms with Crippen molar-refractivity contribution >= 4 is 45.2 Å². The summed E-state index contributed by atoms with van der Waals surface area (Å²) in [6.45, 7) is 0. The van der Waals surface area contributed by atoms with Gasteiger partial charge in [-0.05, 0) is 40.8 Å².